The molecule has 2 heterocycles. The molecule has 1 aliphatic rings. The molecule has 1 fully saturated rings. The van der Waals surface area contributed by atoms with E-state index in [0.29, 0.717) is 12.1 Å². The second-order valence-electron chi connectivity index (χ2n) is 3.97. The van der Waals surface area contributed by atoms with Gasteiger partial charge in [0.05, 0.1) is 0 Å². The Labute approximate surface area is 84.7 Å². The van der Waals surface area contributed by atoms with Gasteiger partial charge in [-0.05, 0) is 26.0 Å². The number of likely N-dealkylation sites (tertiary alicyclic amines) is 1. The molecule has 3 nitrogen and oxygen atoms in total. The second kappa shape index (κ2) is 3.96. The first-order valence-corrected chi connectivity index (χ1v) is 5.06. The highest BCUT2D eigenvalue weighted by Crippen LogP contribution is 2.18. The minimum atomic E-state index is 0.361. The molecule has 0 aliphatic carbocycles. The number of aromatic nitrogens is 1. The molecule has 1 aromatic rings. The molecule has 1 aliphatic heterocycles. The number of nitrogens with zero attached hydrogens (tertiary/aromatic N) is 2. The van der Waals surface area contributed by atoms with Crippen molar-refractivity contribution in [2.24, 2.45) is 0 Å². The van der Waals surface area contributed by atoms with E-state index in [9.17, 15) is 0 Å². The normalized spacial score (nSPS) is 18.2. The van der Waals surface area contributed by atoms with Gasteiger partial charge in [0.2, 0.25) is 0 Å². The van der Waals surface area contributed by atoms with E-state index in [4.69, 9.17) is 4.74 Å². The predicted octanol–water partition coefficient (Wildman–Crippen LogP) is 1.55. The lowest BCUT2D eigenvalue weighted by Gasteiger charge is -2.41. The zero-order chi connectivity index (χ0) is 9.97. The topological polar surface area (TPSA) is 25.4 Å². The van der Waals surface area contributed by atoms with Crippen molar-refractivity contribution in [3.63, 3.8) is 0 Å². The summed E-state index contributed by atoms with van der Waals surface area (Å²) in [5, 5.41) is 0. The summed E-state index contributed by atoms with van der Waals surface area (Å²) in [6.07, 6.45) is 3.88. The molecule has 0 unspecified atom stereocenters. The van der Waals surface area contributed by atoms with Crippen LogP contribution in [0.5, 0.6) is 5.75 Å². The zero-order valence-electron chi connectivity index (χ0n) is 8.68. The van der Waals surface area contributed by atoms with Gasteiger partial charge in [-0.2, -0.15) is 0 Å². The lowest BCUT2D eigenvalue weighted by Crippen LogP contribution is -2.56. The van der Waals surface area contributed by atoms with Gasteiger partial charge in [0, 0.05) is 31.5 Å². The summed E-state index contributed by atoms with van der Waals surface area (Å²) in [5.74, 6) is 0.924. The van der Waals surface area contributed by atoms with Gasteiger partial charge in [-0.1, -0.05) is 0 Å². The number of hydrogen-bond acceptors (Lipinski definition) is 3. The highest BCUT2D eigenvalue weighted by molar-refractivity contribution is 5.17. The molecule has 0 radical (unpaired) electrons. The van der Waals surface area contributed by atoms with E-state index < -0.39 is 0 Å². The van der Waals surface area contributed by atoms with Crippen molar-refractivity contribution in [1.29, 1.82) is 0 Å². The summed E-state index contributed by atoms with van der Waals surface area (Å²) in [5.41, 5.74) is 0. The SMILES string of the molecule is CC(C)N1CC(Oc2ccncc2)C1. The minimum absolute atomic E-state index is 0.361. The maximum Gasteiger partial charge on any atom is 0.124 e. The van der Waals surface area contributed by atoms with E-state index in [0.717, 1.165) is 18.8 Å². The van der Waals surface area contributed by atoms with Crippen molar-refractivity contribution < 1.29 is 4.74 Å². The Morgan fingerprint density at radius 1 is 1.36 bits per heavy atom. The molecule has 2 rings (SSSR count). The molecule has 0 spiro atoms. The first kappa shape index (κ1) is 9.46. The highest BCUT2D eigenvalue weighted by Gasteiger charge is 2.29. The van der Waals surface area contributed by atoms with E-state index in [1.54, 1.807) is 12.4 Å². The zero-order valence-corrected chi connectivity index (χ0v) is 8.68. The van der Waals surface area contributed by atoms with E-state index in [-0.39, 0.29) is 0 Å². The van der Waals surface area contributed by atoms with Crippen molar-refractivity contribution in [3.05, 3.63) is 24.5 Å². The third kappa shape index (κ3) is 2.04. The van der Waals surface area contributed by atoms with Crippen molar-refractivity contribution in [3.8, 4) is 5.75 Å². The van der Waals surface area contributed by atoms with Crippen LogP contribution in [0.2, 0.25) is 0 Å². The fourth-order valence-corrected chi connectivity index (χ4v) is 1.58. The lowest BCUT2D eigenvalue weighted by molar-refractivity contribution is 0.000112. The minimum Gasteiger partial charge on any atom is -0.488 e. The van der Waals surface area contributed by atoms with Gasteiger partial charge in [0.25, 0.3) is 0 Å². The molecule has 0 amide bonds. The molecule has 0 N–H and O–H groups in total. The Bertz CT molecular complexity index is 281. The quantitative estimate of drug-likeness (QED) is 0.726. The van der Waals surface area contributed by atoms with Gasteiger partial charge in [-0.25, -0.2) is 0 Å². The van der Waals surface area contributed by atoms with Gasteiger partial charge in [-0.3, -0.25) is 9.88 Å². The summed E-state index contributed by atoms with van der Waals surface area (Å²) in [6, 6.07) is 4.43. The summed E-state index contributed by atoms with van der Waals surface area (Å²) in [6.45, 7) is 6.51. The summed E-state index contributed by atoms with van der Waals surface area (Å²) in [4.78, 5) is 6.34. The van der Waals surface area contributed by atoms with Gasteiger partial charge in [0.1, 0.15) is 11.9 Å². The molecule has 3 heteroatoms. The standard InChI is InChI=1S/C11H16N2O/c1-9(2)13-7-11(8-13)14-10-3-5-12-6-4-10/h3-6,9,11H,7-8H2,1-2H3. The maximum atomic E-state index is 5.75. The molecule has 1 saturated heterocycles. The third-order valence-electron chi connectivity index (χ3n) is 2.56. The molecule has 0 bridgehead atoms. The summed E-state index contributed by atoms with van der Waals surface area (Å²) < 4.78 is 5.75. The van der Waals surface area contributed by atoms with Crippen LogP contribution in [0.4, 0.5) is 0 Å². The first-order chi connectivity index (χ1) is 6.75. The molecule has 76 valence electrons. The second-order valence-corrected chi connectivity index (χ2v) is 3.97. The van der Waals surface area contributed by atoms with Crippen LogP contribution < -0.4 is 4.74 Å². The van der Waals surface area contributed by atoms with Crippen LogP contribution in [-0.2, 0) is 0 Å². The smallest absolute Gasteiger partial charge is 0.124 e. The van der Waals surface area contributed by atoms with Crippen LogP contribution in [-0.4, -0.2) is 35.1 Å². The molecule has 14 heavy (non-hydrogen) atoms. The number of pyridine rings is 1. The molecule has 0 aromatic carbocycles. The van der Waals surface area contributed by atoms with Crippen LogP contribution in [0.25, 0.3) is 0 Å². The van der Waals surface area contributed by atoms with Gasteiger partial charge in [0.15, 0.2) is 0 Å². The van der Waals surface area contributed by atoms with Gasteiger partial charge >= 0.3 is 0 Å². The lowest BCUT2D eigenvalue weighted by atomic mass is 10.1. The monoisotopic (exact) mass is 192 g/mol. The van der Waals surface area contributed by atoms with E-state index >= 15 is 0 Å². The van der Waals surface area contributed by atoms with Crippen molar-refractivity contribution in [2.75, 3.05) is 13.1 Å². The van der Waals surface area contributed by atoms with Crippen molar-refractivity contribution in [2.45, 2.75) is 26.0 Å². The average molecular weight is 192 g/mol. The van der Waals surface area contributed by atoms with Crippen LogP contribution in [0.15, 0.2) is 24.5 Å². The molecule has 0 atom stereocenters. The Morgan fingerprint density at radius 3 is 2.57 bits per heavy atom. The summed E-state index contributed by atoms with van der Waals surface area (Å²) in [7, 11) is 0. The van der Waals surface area contributed by atoms with Crippen LogP contribution >= 0.6 is 0 Å². The van der Waals surface area contributed by atoms with Gasteiger partial charge < -0.3 is 4.74 Å². The van der Waals surface area contributed by atoms with E-state index in [1.165, 1.54) is 0 Å². The number of hydrogen-bond donors (Lipinski definition) is 0. The Kier molecular flexibility index (Phi) is 2.68. The summed E-state index contributed by atoms with van der Waals surface area (Å²) >= 11 is 0. The Balaban J connectivity index is 1.80. The largest absolute Gasteiger partial charge is 0.488 e. The Hall–Kier alpha value is -1.09. The third-order valence-corrected chi connectivity index (χ3v) is 2.56. The first-order valence-electron chi connectivity index (χ1n) is 5.06. The fraction of sp³-hybridized carbons (Fsp3) is 0.545. The van der Waals surface area contributed by atoms with Crippen molar-refractivity contribution in [1.82, 2.24) is 9.88 Å². The predicted molar refractivity (Wildman–Crippen MR) is 55.4 cm³/mol. The fourth-order valence-electron chi connectivity index (χ4n) is 1.58. The molecule has 1 aromatic heterocycles. The van der Waals surface area contributed by atoms with Crippen LogP contribution in [0.3, 0.4) is 0 Å². The molecule has 0 saturated carbocycles. The van der Waals surface area contributed by atoms with Gasteiger partial charge in [-0.15, -0.1) is 0 Å². The number of rotatable bonds is 3. The van der Waals surface area contributed by atoms with Crippen LogP contribution in [0, 0.1) is 0 Å². The highest BCUT2D eigenvalue weighted by atomic mass is 16.5. The Morgan fingerprint density at radius 2 is 2.00 bits per heavy atom. The van der Waals surface area contributed by atoms with E-state index in [1.807, 2.05) is 12.1 Å². The molecular weight excluding hydrogens is 176 g/mol. The average Bonchev–Trinajstić information content (AvgIpc) is 2.12. The van der Waals surface area contributed by atoms with Crippen molar-refractivity contribution >= 4 is 0 Å². The van der Waals surface area contributed by atoms with Crippen LogP contribution in [0.1, 0.15) is 13.8 Å². The van der Waals surface area contributed by atoms with E-state index in [2.05, 4.69) is 23.7 Å². The maximum absolute atomic E-state index is 5.75. The molecular formula is C11H16N2O. The number of ether oxygens (including phenoxy) is 1.